The Morgan fingerprint density at radius 3 is 1.92 bits per heavy atom. The van der Waals surface area contributed by atoms with Gasteiger partial charge in [-0.15, -0.1) is 0 Å². The van der Waals surface area contributed by atoms with Crippen LogP contribution in [0, 0.1) is 0 Å². The SMILES string of the molecule is CO[Si](OC)(OC)OCCCN. The average molecular weight is 195 g/mol. The zero-order valence-corrected chi connectivity index (χ0v) is 8.83. The monoisotopic (exact) mass is 195 g/mol. The lowest BCUT2D eigenvalue weighted by Gasteiger charge is -2.22. The predicted octanol–water partition coefficient (Wildman–Crippen LogP) is -0.273. The molecule has 0 aromatic heterocycles. The van der Waals surface area contributed by atoms with Crippen LogP contribution in [0.5, 0.6) is 0 Å². The van der Waals surface area contributed by atoms with Crippen molar-refractivity contribution in [2.75, 3.05) is 34.5 Å². The Hall–Kier alpha value is 0.0169. The van der Waals surface area contributed by atoms with E-state index in [4.69, 9.17) is 23.4 Å². The quantitative estimate of drug-likeness (QED) is 0.447. The van der Waals surface area contributed by atoms with Gasteiger partial charge in [0.2, 0.25) is 0 Å². The van der Waals surface area contributed by atoms with E-state index in [1.54, 1.807) is 0 Å². The van der Waals surface area contributed by atoms with Crippen molar-refractivity contribution in [3.63, 3.8) is 0 Å². The van der Waals surface area contributed by atoms with Crippen LogP contribution in [-0.4, -0.2) is 43.5 Å². The summed E-state index contributed by atoms with van der Waals surface area (Å²) in [5, 5.41) is 0. The molecule has 5 nitrogen and oxygen atoms in total. The summed E-state index contributed by atoms with van der Waals surface area (Å²) in [6.07, 6.45) is 0.769. The number of nitrogens with two attached hydrogens (primary N) is 1. The summed E-state index contributed by atoms with van der Waals surface area (Å²) in [6, 6.07) is 0. The van der Waals surface area contributed by atoms with E-state index < -0.39 is 9.05 Å². The van der Waals surface area contributed by atoms with Gasteiger partial charge in [0.1, 0.15) is 0 Å². The van der Waals surface area contributed by atoms with E-state index in [0.717, 1.165) is 6.42 Å². The van der Waals surface area contributed by atoms with Crippen LogP contribution < -0.4 is 5.73 Å². The zero-order chi connectivity index (χ0) is 9.45. The Bertz CT molecular complexity index is 101. The molecule has 0 aromatic rings. The van der Waals surface area contributed by atoms with Crippen molar-refractivity contribution >= 4 is 9.05 Å². The highest BCUT2D eigenvalue weighted by Crippen LogP contribution is 2.07. The number of rotatable bonds is 7. The Balaban J connectivity index is 3.76. The molecule has 0 bridgehead atoms. The molecular weight excluding hydrogens is 178 g/mol. The van der Waals surface area contributed by atoms with Crippen molar-refractivity contribution in [2.24, 2.45) is 5.73 Å². The minimum atomic E-state index is -2.81. The molecule has 0 aliphatic heterocycles. The van der Waals surface area contributed by atoms with Gasteiger partial charge in [-0.3, -0.25) is 0 Å². The minimum Gasteiger partial charge on any atom is -0.355 e. The smallest absolute Gasteiger partial charge is 0.355 e. The molecule has 0 aliphatic rings. The van der Waals surface area contributed by atoms with Gasteiger partial charge < -0.3 is 23.4 Å². The third kappa shape index (κ3) is 3.61. The molecule has 12 heavy (non-hydrogen) atoms. The molecule has 0 saturated carbocycles. The summed E-state index contributed by atoms with van der Waals surface area (Å²) in [6.45, 7) is 1.08. The summed E-state index contributed by atoms with van der Waals surface area (Å²) in [4.78, 5) is 0. The van der Waals surface area contributed by atoms with E-state index in [-0.39, 0.29) is 0 Å². The molecule has 0 fully saturated rings. The summed E-state index contributed by atoms with van der Waals surface area (Å²) in [5.74, 6) is 0. The maximum Gasteiger partial charge on any atom is 0.678 e. The first-order valence-electron chi connectivity index (χ1n) is 3.74. The van der Waals surface area contributed by atoms with Crippen LogP contribution in [0.2, 0.25) is 0 Å². The van der Waals surface area contributed by atoms with Crippen LogP contribution in [0.25, 0.3) is 0 Å². The summed E-state index contributed by atoms with van der Waals surface area (Å²) >= 11 is 0. The minimum absolute atomic E-state index is 0.498. The maximum atomic E-state index is 5.31. The Kier molecular flexibility index (Phi) is 6.53. The molecule has 0 radical (unpaired) electrons. The molecule has 0 aromatic carbocycles. The lowest BCUT2D eigenvalue weighted by Crippen LogP contribution is -2.46. The van der Waals surface area contributed by atoms with Crippen molar-refractivity contribution in [3.05, 3.63) is 0 Å². The fourth-order valence-electron chi connectivity index (χ4n) is 0.707. The second-order valence-electron chi connectivity index (χ2n) is 2.10. The van der Waals surface area contributed by atoms with E-state index in [1.165, 1.54) is 21.3 Å². The maximum absolute atomic E-state index is 5.31. The highest BCUT2D eigenvalue weighted by molar-refractivity contribution is 6.53. The molecule has 0 amide bonds. The Labute approximate surface area is 74.2 Å². The highest BCUT2D eigenvalue weighted by atomic mass is 28.4. The van der Waals surface area contributed by atoms with Crippen molar-refractivity contribution in [3.8, 4) is 0 Å². The van der Waals surface area contributed by atoms with Gasteiger partial charge in [-0.1, -0.05) is 0 Å². The molecule has 0 unspecified atom stereocenters. The van der Waals surface area contributed by atoms with Crippen molar-refractivity contribution in [1.82, 2.24) is 0 Å². The van der Waals surface area contributed by atoms with Crippen LogP contribution >= 0.6 is 0 Å². The third-order valence-electron chi connectivity index (χ3n) is 1.38. The van der Waals surface area contributed by atoms with E-state index >= 15 is 0 Å². The van der Waals surface area contributed by atoms with Crippen molar-refractivity contribution in [1.29, 1.82) is 0 Å². The van der Waals surface area contributed by atoms with Crippen LogP contribution in [0.15, 0.2) is 0 Å². The third-order valence-corrected chi connectivity index (χ3v) is 3.43. The van der Waals surface area contributed by atoms with E-state index in [9.17, 15) is 0 Å². The topological polar surface area (TPSA) is 62.9 Å². The first-order valence-corrected chi connectivity index (χ1v) is 5.37. The zero-order valence-electron chi connectivity index (χ0n) is 7.83. The molecule has 2 N–H and O–H groups in total. The average Bonchev–Trinajstić information content (AvgIpc) is 2.14. The van der Waals surface area contributed by atoms with Gasteiger partial charge in [0.25, 0.3) is 0 Å². The van der Waals surface area contributed by atoms with Crippen molar-refractivity contribution in [2.45, 2.75) is 6.42 Å². The van der Waals surface area contributed by atoms with E-state index in [0.29, 0.717) is 13.2 Å². The van der Waals surface area contributed by atoms with Gasteiger partial charge in [0, 0.05) is 27.9 Å². The second-order valence-corrected chi connectivity index (χ2v) is 4.62. The first-order chi connectivity index (χ1) is 5.74. The molecule has 0 spiro atoms. The van der Waals surface area contributed by atoms with Crippen molar-refractivity contribution < 1.29 is 17.7 Å². The number of hydrogen-bond acceptors (Lipinski definition) is 5. The van der Waals surface area contributed by atoms with Crippen LogP contribution in [0.4, 0.5) is 0 Å². The predicted molar refractivity (Wildman–Crippen MR) is 46.4 cm³/mol. The Morgan fingerprint density at radius 2 is 1.58 bits per heavy atom. The molecule has 0 rings (SSSR count). The second kappa shape index (κ2) is 6.52. The van der Waals surface area contributed by atoms with Gasteiger partial charge in [-0.2, -0.15) is 0 Å². The highest BCUT2D eigenvalue weighted by Gasteiger charge is 2.41. The summed E-state index contributed by atoms with van der Waals surface area (Å²) < 4.78 is 20.4. The lowest BCUT2D eigenvalue weighted by atomic mass is 10.5. The van der Waals surface area contributed by atoms with Gasteiger partial charge in [0.05, 0.1) is 0 Å². The van der Waals surface area contributed by atoms with Gasteiger partial charge in [-0.25, -0.2) is 0 Å². The Morgan fingerprint density at radius 1 is 1.08 bits per heavy atom. The molecule has 74 valence electrons. The van der Waals surface area contributed by atoms with E-state index in [2.05, 4.69) is 0 Å². The molecule has 0 atom stereocenters. The standard InChI is InChI=1S/C6H17NO4Si/c1-8-12(9-2,10-3)11-6-4-5-7/h4-7H2,1-3H3. The lowest BCUT2D eigenvalue weighted by molar-refractivity contribution is 0.00578. The molecule has 6 heteroatoms. The summed E-state index contributed by atoms with van der Waals surface area (Å²) in [7, 11) is 1.69. The normalized spacial score (nSPS) is 12.0. The molecule has 0 saturated heterocycles. The largest absolute Gasteiger partial charge is 0.678 e. The van der Waals surface area contributed by atoms with Crippen LogP contribution in [0.3, 0.4) is 0 Å². The molecular formula is C6H17NO4Si. The fourth-order valence-corrected chi connectivity index (χ4v) is 1.96. The number of hydrogen-bond donors (Lipinski definition) is 1. The first kappa shape index (κ1) is 12.0. The summed E-state index contributed by atoms with van der Waals surface area (Å²) in [5.41, 5.74) is 5.30. The molecule has 0 aliphatic carbocycles. The van der Waals surface area contributed by atoms with E-state index in [1.807, 2.05) is 0 Å². The fraction of sp³-hybridized carbons (Fsp3) is 1.00. The van der Waals surface area contributed by atoms with Gasteiger partial charge in [-0.05, 0) is 13.0 Å². The van der Waals surface area contributed by atoms with Gasteiger partial charge >= 0.3 is 9.05 Å². The molecule has 0 heterocycles. The van der Waals surface area contributed by atoms with Gasteiger partial charge in [0.15, 0.2) is 0 Å². The van der Waals surface area contributed by atoms with Crippen LogP contribution in [-0.2, 0) is 17.7 Å². The van der Waals surface area contributed by atoms with Crippen LogP contribution in [0.1, 0.15) is 6.42 Å².